The molecule has 1 atom stereocenters. The molecular weight excluding hydrogens is 313 g/mol. The van der Waals surface area contributed by atoms with Crippen molar-refractivity contribution in [1.29, 1.82) is 0 Å². The molecular formula is C17H20FN3O3. The Bertz CT molecular complexity index is 712. The average Bonchev–Trinajstić information content (AvgIpc) is 3.29. The van der Waals surface area contributed by atoms with Crippen LogP contribution in [0.3, 0.4) is 0 Å². The van der Waals surface area contributed by atoms with E-state index in [9.17, 15) is 9.18 Å². The van der Waals surface area contributed by atoms with Gasteiger partial charge in [-0.2, -0.15) is 0 Å². The molecule has 0 spiro atoms. The highest BCUT2D eigenvalue weighted by Crippen LogP contribution is 2.34. The number of carbonyl (C=O) groups is 1. The van der Waals surface area contributed by atoms with E-state index in [4.69, 9.17) is 14.9 Å². The minimum absolute atomic E-state index is 0.0357. The van der Waals surface area contributed by atoms with Gasteiger partial charge in [0.25, 0.3) is 0 Å². The Labute approximate surface area is 139 Å². The number of nitrogens with one attached hydrogen (secondary N) is 1. The fraction of sp³-hybridized carbons (Fsp3) is 0.412. The Morgan fingerprint density at radius 1 is 1.46 bits per heavy atom. The quantitative estimate of drug-likeness (QED) is 0.878. The number of amides is 1. The largest absolute Gasteiger partial charge is 0.496 e. The molecule has 24 heavy (non-hydrogen) atoms. The summed E-state index contributed by atoms with van der Waals surface area (Å²) in [5.41, 5.74) is 6.47. The molecule has 3 N–H and O–H groups in total. The van der Waals surface area contributed by atoms with Gasteiger partial charge in [0, 0.05) is 6.07 Å². The SMILES string of the molecule is COc1cc(NC(=O)C(N)C2CCCC2)c(F)cc1-c1cnco1. The number of aromatic nitrogens is 1. The van der Waals surface area contributed by atoms with E-state index in [1.54, 1.807) is 0 Å². The first kappa shape index (κ1) is 16.4. The first-order valence-electron chi connectivity index (χ1n) is 7.93. The fourth-order valence-corrected chi connectivity index (χ4v) is 3.11. The number of nitrogens with two attached hydrogens (primary N) is 1. The zero-order valence-corrected chi connectivity index (χ0v) is 13.4. The van der Waals surface area contributed by atoms with Crippen molar-refractivity contribution >= 4 is 11.6 Å². The minimum Gasteiger partial charge on any atom is -0.496 e. The van der Waals surface area contributed by atoms with E-state index in [0.29, 0.717) is 17.1 Å². The van der Waals surface area contributed by atoms with Gasteiger partial charge in [0.1, 0.15) is 11.6 Å². The standard InChI is InChI=1S/C17H20FN3O3/c1-23-14-7-13(12(18)6-11(14)15-8-20-9-24-15)21-17(22)16(19)10-4-2-3-5-10/h6-10,16H,2-5,19H2,1H3,(H,21,22). The lowest BCUT2D eigenvalue weighted by Crippen LogP contribution is -2.41. The van der Waals surface area contributed by atoms with Gasteiger partial charge < -0.3 is 20.2 Å². The van der Waals surface area contributed by atoms with Crippen LogP contribution < -0.4 is 15.8 Å². The van der Waals surface area contributed by atoms with E-state index in [1.165, 1.54) is 31.8 Å². The number of rotatable bonds is 5. The van der Waals surface area contributed by atoms with Crippen LogP contribution in [0, 0.1) is 11.7 Å². The van der Waals surface area contributed by atoms with Crippen LogP contribution in [-0.4, -0.2) is 24.0 Å². The number of benzene rings is 1. The maximum atomic E-state index is 14.4. The van der Waals surface area contributed by atoms with Gasteiger partial charge in [-0.1, -0.05) is 12.8 Å². The van der Waals surface area contributed by atoms with E-state index < -0.39 is 11.9 Å². The fourth-order valence-electron chi connectivity index (χ4n) is 3.11. The molecule has 1 aliphatic carbocycles. The van der Waals surface area contributed by atoms with Crippen molar-refractivity contribution < 1.29 is 18.3 Å². The lowest BCUT2D eigenvalue weighted by atomic mass is 9.98. The number of hydrogen-bond donors (Lipinski definition) is 2. The maximum Gasteiger partial charge on any atom is 0.241 e. The topological polar surface area (TPSA) is 90.4 Å². The van der Waals surface area contributed by atoms with Crippen LogP contribution in [0.15, 0.2) is 29.1 Å². The van der Waals surface area contributed by atoms with Crippen LogP contribution in [-0.2, 0) is 4.79 Å². The molecule has 1 saturated carbocycles. The van der Waals surface area contributed by atoms with Gasteiger partial charge >= 0.3 is 0 Å². The van der Waals surface area contributed by atoms with Crippen LogP contribution in [0.25, 0.3) is 11.3 Å². The van der Waals surface area contributed by atoms with E-state index in [2.05, 4.69) is 10.3 Å². The Kier molecular flexibility index (Phi) is 4.80. The van der Waals surface area contributed by atoms with Crippen molar-refractivity contribution in [3.63, 3.8) is 0 Å². The molecule has 0 bridgehead atoms. The summed E-state index contributed by atoms with van der Waals surface area (Å²) >= 11 is 0. The van der Waals surface area contributed by atoms with Gasteiger partial charge in [0.2, 0.25) is 5.91 Å². The summed E-state index contributed by atoms with van der Waals surface area (Å²) in [5, 5.41) is 2.57. The molecule has 0 saturated heterocycles. The van der Waals surface area contributed by atoms with Gasteiger partial charge in [-0.15, -0.1) is 0 Å². The summed E-state index contributed by atoms with van der Waals surface area (Å²) in [6.07, 6.45) is 6.75. The number of nitrogens with zero attached hydrogens (tertiary/aromatic N) is 1. The van der Waals surface area contributed by atoms with Gasteiger partial charge in [-0.05, 0) is 24.8 Å². The van der Waals surface area contributed by atoms with E-state index >= 15 is 0 Å². The van der Waals surface area contributed by atoms with Gasteiger partial charge in [0.05, 0.1) is 30.6 Å². The highest BCUT2D eigenvalue weighted by atomic mass is 19.1. The van der Waals surface area contributed by atoms with Crippen LogP contribution in [0.1, 0.15) is 25.7 Å². The highest BCUT2D eigenvalue weighted by Gasteiger charge is 2.28. The summed E-state index contributed by atoms with van der Waals surface area (Å²) in [4.78, 5) is 16.1. The smallest absolute Gasteiger partial charge is 0.241 e. The Morgan fingerprint density at radius 2 is 2.21 bits per heavy atom. The second-order valence-corrected chi connectivity index (χ2v) is 5.96. The summed E-state index contributed by atoms with van der Waals surface area (Å²) in [6.45, 7) is 0. The predicted octanol–water partition coefficient (Wildman–Crippen LogP) is 2.95. The van der Waals surface area contributed by atoms with E-state index in [1.807, 2.05) is 0 Å². The van der Waals surface area contributed by atoms with Crippen LogP contribution in [0.5, 0.6) is 5.75 Å². The molecule has 1 aromatic carbocycles. The maximum absolute atomic E-state index is 14.4. The third-order valence-electron chi connectivity index (χ3n) is 4.46. The molecule has 2 aromatic rings. The summed E-state index contributed by atoms with van der Waals surface area (Å²) in [7, 11) is 1.46. The number of halogens is 1. The lowest BCUT2D eigenvalue weighted by Gasteiger charge is -2.19. The molecule has 0 radical (unpaired) electrons. The van der Waals surface area contributed by atoms with Crippen molar-refractivity contribution in [2.45, 2.75) is 31.7 Å². The number of oxazole rings is 1. The number of ether oxygens (including phenoxy) is 1. The van der Waals surface area contributed by atoms with E-state index in [-0.39, 0.29) is 17.5 Å². The molecule has 1 aromatic heterocycles. The molecule has 0 aliphatic heterocycles. The van der Waals surface area contributed by atoms with Crippen LogP contribution >= 0.6 is 0 Å². The third kappa shape index (κ3) is 3.26. The molecule has 128 valence electrons. The first-order chi connectivity index (χ1) is 11.6. The van der Waals surface area contributed by atoms with Crippen LogP contribution in [0.2, 0.25) is 0 Å². The number of carbonyl (C=O) groups excluding carboxylic acids is 1. The van der Waals surface area contributed by atoms with Crippen molar-refractivity contribution in [2.75, 3.05) is 12.4 Å². The van der Waals surface area contributed by atoms with Crippen molar-refractivity contribution in [1.82, 2.24) is 4.98 Å². The highest BCUT2D eigenvalue weighted by molar-refractivity contribution is 5.95. The summed E-state index contributed by atoms with van der Waals surface area (Å²) in [5.74, 6) is -0.0583. The molecule has 6 nitrogen and oxygen atoms in total. The molecule has 1 aliphatic rings. The molecule has 1 heterocycles. The second kappa shape index (κ2) is 7.00. The number of methoxy groups -OCH3 is 1. The van der Waals surface area contributed by atoms with Crippen molar-refractivity contribution in [3.05, 3.63) is 30.5 Å². The second-order valence-electron chi connectivity index (χ2n) is 5.96. The average molecular weight is 333 g/mol. The first-order valence-corrected chi connectivity index (χ1v) is 7.93. The zero-order valence-electron chi connectivity index (χ0n) is 13.4. The molecule has 3 rings (SSSR count). The Balaban J connectivity index is 1.82. The predicted molar refractivity (Wildman–Crippen MR) is 87.0 cm³/mol. The van der Waals surface area contributed by atoms with Gasteiger partial charge in [-0.25, -0.2) is 9.37 Å². The molecule has 1 unspecified atom stereocenters. The normalized spacial score (nSPS) is 16.1. The van der Waals surface area contributed by atoms with E-state index in [0.717, 1.165) is 25.7 Å². The Hall–Kier alpha value is -2.41. The van der Waals surface area contributed by atoms with Gasteiger partial charge in [-0.3, -0.25) is 4.79 Å². The van der Waals surface area contributed by atoms with Crippen molar-refractivity contribution in [2.24, 2.45) is 11.7 Å². The summed E-state index contributed by atoms with van der Waals surface area (Å²) < 4.78 is 24.8. The lowest BCUT2D eigenvalue weighted by molar-refractivity contribution is -0.118. The minimum atomic E-state index is -0.633. The summed E-state index contributed by atoms with van der Waals surface area (Å²) in [6, 6.07) is 2.04. The molecule has 1 fully saturated rings. The number of hydrogen-bond acceptors (Lipinski definition) is 5. The zero-order chi connectivity index (χ0) is 17.1. The molecule has 7 heteroatoms. The monoisotopic (exact) mass is 333 g/mol. The number of anilines is 1. The van der Waals surface area contributed by atoms with Gasteiger partial charge in [0.15, 0.2) is 12.2 Å². The Morgan fingerprint density at radius 3 is 2.83 bits per heavy atom. The molecule has 1 amide bonds. The van der Waals surface area contributed by atoms with Crippen LogP contribution in [0.4, 0.5) is 10.1 Å². The third-order valence-corrected chi connectivity index (χ3v) is 4.46. The van der Waals surface area contributed by atoms with Crippen molar-refractivity contribution in [3.8, 4) is 17.1 Å².